The molecule has 9 heteroatoms. The minimum atomic E-state index is -0.539. The highest BCUT2D eigenvalue weighted by molar-refractivity contribution is 5.75. The van der Waals surface area contributed by atoms with E-state index in [1.807, 2.05) is 36.4 Å². The van der Waals surface area contributed by atoms with E-state index in [1.54, 1.807) is 16.7 Å². The van der Waals surface area contributed by atoms with Crippen LogP contribution < -0.4 is 30.4 Å². The summed E-state index contributed by atoms with van der Waals surface area (Å²) in [6.07, 6.45) is 0.326. The third-order valence-corrected chi connectivity index (χ3v) is 5.31. The summed E-state index contributed by atoms with van der Waals surface area (Å²) in [7, 11) is 0. The Labute approximate surface area is 183 Å². The molecular formula is C23H21N3O6. The fourth-order valence-electron chi connectivity index (χ4n) is 3.82. The van der Waals surface area contributed by atoms with E-state index in [-0.39, 0.29) is 30.9 Å². The lowest BCUT2D eigenvalue weighted by Gasteiger charge is -2.26. The predicted molar refractivity (Wildman–Crippen MR) is 114 cm³/mol. The molecule has 5 rings (SSSR count). The number of carbonyl (C=O) groups is 1. The van der Waals surface area contributed by atoms with Gasteiger partial charge in [0.15, 0.2) is 24.2 Å². The van der Waals surface area contributed by atoms with Gasteiger partial charge in [-0.2, -0.15) is 4.98 Å². The molecule has 3 heterocycles. The van der Waals surface area contributed by atoms with E-state index in [1.165, 1.54) is 0 Å². The molecule has 1 amide bonds. The number of nitrogens with two attached hydrogens (primary N) is 1. The number of para-hydroxylation sites is 2. The molecule has 2 aliphatic rings. The molecule has 1 unspecified atom stereocenters. The lowest BCUT2D eigenvalue weighted by atomic mass is 9.97. The Bertz CT molecular complexity index is 1240. The van der Waals surface area contributed by atoms with Gasteiger partial charge in [-0.25, -0.2) is 4.79 Å². The molecule has 9 nitrogen and oxygen atoms in total. The molecule has 0 saturated heterocycles. The molecule has 0 aliphatic carbocycles. The number of fused-ring (bicyclic) bond motifs is 4. The average Bonchev–Trinajstić information content (AvgIpc) is 2.81. The molecule has 164 valence electrons. The van der Waals surface area contributed by atoms with Gasteiger partial charge in [0.2, 0.25) is 5.88 Å². The molecule has 2 N–H and O–H groups in total. The summed E-state index contributed by atoms with van der Waals surface area (Å²) in [6, 6.07) is 14.7. The summed E-state index contributed by atoms with van der Waals surface area (Å²) < 4.78 is 24.4. The van der Waals surface area contributed by atoms with Crippen molar-refractivity contribution in [3.8, 4) is 34.4 Å². The first-order valence-electron chi connectivity index (χ1n) is 10.2. The van der Waals surface area contributed by atoms with Crippen LogP contribution in [0.15, 0.2) is 53.3 Å². The van der Waals surface area contributed by atoms with Gasteiger partial charge in [-0.3, -0.25) is 9.36 Å². The second-order valence-electron chi connectivity index (χ2n) is 7.55. The SMILES string of the molecule is NC(=O)COc1ccc2c(c1)CCn1c-2cc(OCC2COc3ccccc3O2)nc1=O. The van der Waals surface area contributed by atoms with Gasteiger partial charge in [0.05, 0.1) is 5.69 Å². The molecule has 0 fully saturated rings. The summed E-state index contributed by atoms with van der Waals surface area (Å²) in [5.41, 5.74) is 7.38. The Morgan fingerprint density at radius 3 is 2.84 bits per heavy atom. The summed E-state index contributed by atoms with van der Waals surface area (Å²) in [4.78, 5) is 27.6. The van der Waals surface area contributed by atoms with Crippen molar-refractivity contribution in [3.63, 3.8) is 0 Å². The van der Waals surface area contributed by atoms with Crippen LogP contribution in [0.3, 0.4) is 0 Å². The Morgan fingerprint density at radius 1 is 1.16 bits per heavy atom. The molecule has 0 bridgehead atoms. The number of aryl methyl sites for hydroxylation is 1. The number of nitrogens with zero attached hydrogens (tertiary/aromatic N) is 2. The minimum absolute atomic E-state index is 0.186. The number of benzene rings is 2. The second kappa shape index (κ2) is 8.26. The van der Waals surface area contributed by atoms with Crippen LogP contribution >= 0.6 is 0 Å². The number of carbonyl (C=O) groups excluding carboxylic acids is 1. The average molecular weight is 435 g/mol. The zero-order valence-electron chi connectivity index (χ0n) is 17.2. The molecule has 0 radical (unpaired) electrons. The molecule has 32 heavy (non-hydrogen) atoms. The highest BCUT2D eigenvalue weighted by Crippen LogP contribution is 2.33. The minimum Gasteiger partial charge on any atom is -0.486 e. The number of hydrogen-bond acceptors (Lipinski definition) is 7. The number of hydrogen-bond donors (Lipinski definition) is 1. The summed E-state index contributed by atoms with van der Waals surface area (Å²) in [5, 5.41) is 0. The fourth-order valence-corrected chi connectivity index (χ4v) is 3.82. The van der Waals surface area contributed by atoms with Crippen LogP contribution in [-0.4, -0.2) is 41.4 Å². The van der Waals surface area contributed by atoms with E-state index < -0.39 is 5.91 Å². The zero-order chi connectivity index (χ0) is 22.1. The van der Waals surface area contributed by atoms with Crippen LogP contribution in [0.2, 0.25) is 0 Å². The van der Waals surface area contributed by atoms with Crippen molar-refractivity contribution in [1.82, 2.24) is 9.55 Å². The zero-order valence-corrected chi connectivity index (χ0v) is 17.2. The number of ether oxygens (including phenoxy) is 4. The Kier molecular flexibility index (Phi) is 5.14. The Morgan fingerprint density at radius 2 is 2.00 bits per heavy atom. The maximum absolute atomic E-state index is 12.6. The van der Waals surface area contributed by atoms with Crippen LogP contribution in [0.5, 0.6) is 23.1 Å². The van der Waals surface area contributed by atoms with Gasteiger partial charge < -0.3 is 24.7 Å². The van der Waals surface area contributed by atoms with Gasteiger partial charge in [-0.15, -0.1) is 0 Å². The van der Waals surface area contributed by atoms with Crippen molar-refractivity contribution >= 4 is 5.91 Å². The lowest BCUT2D eigenvalue weighted by molar-refractivity contribution is -0.119. The van der Waals surface area contributed by atoms with Gasteiger partial charge in [-0.1, -0.05) is 12.1 Å². The van der Waals surface area contributed by atoms with Crippen molar-refractivity contribution < 1.29 is 23.7 Å². The van der Waals surface area contributed by atoms with Crippen molar-refractivity contribution in [2.45, 2.75) is 19.1 Å². The third kappa shape index (κ3) is 3.96. The van der Waals surface area contributed by atoms with Crippen molar-refractivity contribution in [1.29, 1.82) is 0 Å². The number of aromatic nitrogens is 2. The van der Waals surface area contributed by atoms with Crippen molar-refractivity contribution in [2.75, 3.05) is 19.8 Å². The molecule has 1 atom stereocenters. The highest BCUT2D eigenvalue weighted by Gasteiger charge is 2.23. The first-order valence-corrected chi connectivity index (χ1v) is 10.2. The molecule has 2 aliphatic heterocycles. The standard InChI is InChI=1S/C23H21N3O6/c24-21(27)13-29-15-5-6-17-14(9-15)7-8-26-18(17)10-22(25-23(26)28)31-12-16-11-30-19-3-1-2-4-20(19)32-16/h1-6,9-10,16H,7-8,11-13H2,(H2,24,27). The smallest absolute Gasteiger partial charge is 0.351 e. The van der Waals surface area contributed by atoms with Crippen LogP contribution in [-0.2, 0) is 17.8 Å². The maximum Gasteiger partial charge on any atom is 0.351 e. The van der Waals surface area contributed by atoms with E-state index in [4.69, 9.17) is 24.7 Å². The van der Waals surface area contributed by atoms with E-state index in [2.05, 4.69) is 4.98 Å². The summed E-state index contributed by atoms with van der Waals surface area (Å²) in [5.74, 6) is 1.60. The molecule has 2 aromatic carbocycles. The Balaban J connectivity index is 1.34. The molecule has 3 aromatic rings. The quantitative estimate of drug-likeness (QED) is 0.625. The van der Waals surface area contributed by atoms with Crippen LogP contribution in [0.1, 0.15) is 5.56 Å². The summed E-state index contributed by atoms with van der Waals surface area (Å²) in [6.45, 7) is 0.840. The summed E-state index contributed by atoms with van der Waals surface area (Å²) >= 11 is 0. The van der Waals surface area contributed by atoms with Crippen molar-refractivity contribution in [3.05, 3.63) is 64.6 Å². The van der Waals surface area contributed by atoms with E-state index >= 15 is 0 Å². The molecule has 1 aromatic heterocycles. The normalized spacial score (nSPS) is 15.9. The van der Waals surface area contributed by atoms with Gasteiger partial charge in [0, 0.05) is 18.2 Å². The van der Waals surface area contributed by atoms with E-state index in [0.717, 1.165) is 11.1 Å². The third-order valence-electron chi connectivity index (χ3n) is 5.31. The first kappa shape index (κ1) is 19.9. The van der Waals surface area contributed by atoms with Gasteiger partial charge >= 0.3 is 5.69 Å². The topological polar surface area (TPSA) is 115 Å². The predicted octanol–water partition coefficient (Wildman–Crippen LogP) is 1.55. The molecule has 0 saturated carbocycles. The highest BCUT2D eigenvalue weighted by atomic mass is 16.6. The lowest BCUT2D eigenvalue weighted by Crippen LogP contribution is -2.35. The van der Waals surface area contributed by atoms with E-state index in [9.17, 15) is 9.59 Å². The van der Waals surface area contributed by atoms with Crippen molar-refractivity contribution in [2.24, 2.45) is 5.73 Å². The Hall–Kier alpha value is -4.01. The van der Waals surface area contributed by atoms with Crippen LogP contribution in [0.4, 0.5) is 0 Å². The van der Waals surface area contributed by atoms with Crippen LogP contribution in [0.25, 0.3) is 11.3 Å². The van der Waals surface area contributed by atoms with Crippen LogP contribution in [0, 0.1) is 0 Å². The molecular weight excluding hydrogens is 414 g/mol. The largest absolute Gasteiger partial charge is 0.486 e. The van der Waals surface area contributed by atoms with Gasteiger partial charge in [-0.05, 0) is 42.3 Å². The number of rotatable bonds is 6. The molecule has 0 spiro atoms. The van der Waals surface area contributed by atoms with E-state index in [0.29, 0.717) is 42.5 Å². The van der Waals surface area contributed by atoms with Gasteiger partial charge in [0.25, 0.3) is 5.91 Å². The van der Waals surface area contributed by atoms with Gasteiger partial charge in [0.1, 0.15) is 19.0 Å². The maximum atomic E-state index is 12.6. The first-order chi connectivity index (χ1) is 15.6. The number of amides is 1. The monoisotopic (exact) mass is 435 g/mol. The fraction of sp³-hybridized carbons (Fsp3) is 0.261. The second-order valence-corrected chi connectivity index (χ2v) is 7.55. The number of primary amides is 1.